The Hall–Kier alpha value is -2.55. The molecule has 1 N–H and O–H groups in total. The van der Waals surface area contributed by atoms with Gasteiger partial charge >= 0.3 is 0 Å². The zero-order valence-corrected chi connectivity index (χ0v) is 13.7. The van der Waals surface area contributed by atoms with E-state index in [2.05, 4.69) is 5.32 Å². The highest BCUT2D eigenvalue weighted by Gasteiger charge is 2.13. The van der Waals surface area contributed by atoms with Crippen LogP contribution in [-0.2, 0) is 4.79 Å². The molecule has 6 heteroatoms. The van der Waals surface area contributed by atoms with Gasteiger partial charge in [-0.05, 0) is 32.4 Å². The van der Waals surface area contributed by atoms with Crippen LogP contribution in [0.25, 0.3) is 0 Å². The second-order valence-electron chi connectivity index (χ2n) is 4.85. The van der Waals surface area contributed by atoms with Crippen molar-refractivity contribution in [3.8, 4) is 11.8 Å². The molecule has 0 atom stereocenters. The first-order chi connectivity index (χ1) is 11.1. The third-order valence-electron chi connectivity index (χ3n) is 3.28. The first kappa shape index (κ1) is 18.5. The minimum Gasteiger partial charge on any atom is -0.493 e. The van der Waals surface area contributed by atoms with E-state index in [1.807, 2.05) is 26.0 Å². The lowest BCUT2D eigenvalue weighted by molar-refractivity contribution is -0.130. The van der Waals surface area contributed by atoms with Crippen LogP contribution in [0.2, 0.25) is 0 Å². The number of nitrogens with zero attached hydrogens (tertiary/aromatic N) is 2. The summed E-state index contributed by atoms with van der Waals surface area (Å²) in [7, 11) is 0. The van der Waals surface area contributed by atoms with Gasteiger partial charge in [-0.15, -0.1) is 0 Å². The van der Waals surface area contributed by atoms with Crippen molar-refractivity contribution in [1.82, 2.24) is 10.2 Å². The van der Waals surface area contributed by atoms with Crippen LogP contribution >= 0.6 is 0 Å². The van der Waals surface area contributed by atoms with Gasteiger partial charge in [-0.1, -0.05) is 12.1 Å². The molecule has 0 aromatic heterocycles. The molecule has 0 aliphatic rings. The third-order valence-corrected chi connectivity index (χ3v) is 3.28. The Morgan fingerprint density at radius 3 is 2.70 bits per heavy atom. The molecule has 0 saturated carbocycles. The van der Waals surface area contributed by atoms with E-state index in [1.165, 1.54) is 4.90 Å². The predicted molar refractivity (Wildman–Crippen MR) is 87.0 cm³/mol. The van der Waals surface area contributed by atoms with Crippen molar-refractivity contribution in [2.24, 2.45) is 0 Å². The van der Waals surface area contributed by atoms with Crippen molar-refractivity contribution in [1.29, 1.82) is 5.26 Å². The van der Waals surface area contributed by atoms with Gasteiger partial charge in [0.1, 0.15) is 12.3 Å². The zero-order valence-electron chi connectivity index (χ0n) is 13.7. The molecule has 23 heavy (non-hydrogen) atoms. The number of para-hydroxylation sites is 1. The summed E-state index contributed by atoms with van der Waals surface area (Å²) in [5.74, 6) is 0.263. The zero-order chi connectivity index (χ0) is 17.1. The molecule has 0 heterocycles. The van der Waals surface area contributed by atoms with E-state index in [1.54, 1.807) is 18.2 Å². The second-order valence-corrected chi connectivity index (χ2v) is 4.85. The van der Waals surface area contributed by atoms with Gasteiger partial charge in [0.05, 0.1) is 18.2 Å². The maximum Gasteiger partial charge on any atom is 0.255 e. The summed E-state index contributed by atoms with van der Waals surface area (Å²) in [6.45, 7) is 5.20. The summed E-state index contributed by atoms with van der Waals surface area (Å²) in [4.78, 5) is 25.5. The smallest absolute Gasteiger partial charge is 0.255 e. The molecule has 0 radical (unpaired) electrons. The Bertz CT molecular complexity index is 566. The van der Waals surface area contributed by atoms with Gasteiger partial charge in [0, 0.05) is 19.5 Å². The molecule has 1 aromatic carbocycles. The van der Waals surface area contributed by atoms with Crippen LogP contribution in [0.3, 0.4) is 0 Å². The summed E-state index contributed by atoms with van der Waals surface area (Å²) in [5, 5.41) is 11.4. The van der Waals surface area contributed by atoms with Crippen molar-refractivity contribution in [3.05, 3.63) is 29.8 Å². The van der Waals surface area contributed by atoms with Crippen LogP contribution in [-0.4, -0.2) is 43.0 Å². The molecule has 124 valence electrons. The average Bonchev–Trinajstić information content (AvgIpc) is 2.57. The molecule has 0 spiro atoms. The van der Waals surface area contributed by atoms with Crippen molar-refractivity contribution in [2.75, 3.05) is 26.2 Å². The van der Waals surface area contributed by atoms with Crippen LogP contribution in [0.4, 0.5) is 0 Å². The molecule has 6 nitrogen and oxygen atoms in total. The summed E-state index contributed by atoms with van der Waals surface area (Å²) in [6, 6.07) is 9.02. The molecule has 0 aliphatic carbocycles. The van der Waals surface area contributed by atoms with E-state index >= 15 is 0 Å². The molecular formula is C17H23N3O3. The minimum atomic E-state index is -0.217. The van der Waals surface area contributed by atoms with Gasteiger partial charge in [0.15, 0.2) is 0 Å². The number of rotatable bonds is 9. The van der Waals surface area contributed by atoms with Crippen LogP contribution < -0.4 is 10.1 Å². The number of amides is 2. The highest BCUT2D eigenvalue weighted by atomic mass is 16.5. The Kier molecular flexibility index (Phi) is 8.22. The molecule has 0 bridgehead atoms. The van der Waals surface area contributed by atoms with Crippen LogP contribution in [0, 0.1) is 11.3 Å². The molecule has 0 saturated heterocycles. The molecule has 0 fully saturated rings. The number of carbonyl (C=O) groups excluding carboxylic acids is 2. The SMILES string of the molecule is CCOc1ccccc1C(=O)NCCCC(=O)N(CC)CC#N. The average molecular weight is 317 g/mol. The molecule has 1 rings (SSSR count). The third kappa shape index (κ3) is 5.99. The Morgan fingerprint density at radius 1 is 1.30 bits per heavy atom. The van der Waals surface area contributed by atoms with Gasteiger partial charge in [-0.2, -0.15) is 5.26 Å². The first-order valence-electron chi connectivity index (χ1n) is 7.78. The van der Waals surface area contributed by atoms with Gasteiger partial charge in [0.25, 0.3) is 5.91 Å². The summed E-state index contributed by atoms with van der Waals surface area (Å²) in [5.41, 5.74) is 0.486. The lowest BCUT2D eigenvalue weighted by Crippen LogP contribution is -2.32. The Balaban J connectivity index is 2.43. The van der Waals surface area contributed by atoms with Crippen LogP contribution in [0.15, 0.2) is 24.3 Å². The summed E-state index contributed by atoms with van der Waals surface area (Å²) < 4.78 is 5.42. The number of carbonyl (C=O) groups is 2. The minimum absolute atomic E-state index is 0.0713. The van der Waals surface area contributed by atoms with Crippen molar-refractivity contribution in [2.45, 2.75) is 26.7 Å². The highest BCUT2D eigenvalue weighted by Crippen LogP contribution is 2.17. The molecule has 2 amide bonds. The van der Waals surface area contributed by atoms with Crippen molar-refractivity contribution >= 4 is 11.8 Å². The number of hydrogen-bond donors (Lipinski definition) is 1. The fourth-order valence-electron chi connectivity index (χ4n) is 2.09. The first-order valence-corrected chi connectivity index (χ1v) is 7.78. The van der Waals surface area contributed by atoms with Crippen LogP contribution in [0.5, 0.6) is 5.75 Å². The van der Waals surface area contributed by atoms with Crippen molar-refractivity contribution in [3.63, 3.8) is 0 Å². The van der Waals surface area contributed by atoms with Gasteiger partial charge in [0.2, 0.25) is 5.91 Å². The number of ether oxygens (including phenoxy) is 1. The summed E-state index contributed by atoms with van der Waals surface area (Å²) >= 11 is 0. The van der Waals surface area contributed by atoms with E-state index in [0.29, 0.717) is 43.9 Å². The lowest BCUT2D eigenvalue weighted by atomic mass is 10.2. The van der Waals surface area contributed by atoms with E-state index in [4.69, 9.17) is 10.00 Å². The second kappa shape index (κ2) is 10.2. The van der Waals surface area contributed by atoms with Crippen LogP contribution in [0.1, 0.15) is 37.0 Å². The number of nitriles is 1. The highest BCUT2D eigenvalue weighted by molar-refractivity contribution is 5.96. The van der Waals surface area contributed by atoms with E-state index < -0.39 is 0 Å². The van der Waals surface area contributed by atoms with Crippen molar-refractivity contribution < 1.29 is 14.3 Å². The Labute approximate surface area is 137 Å². The monoisotopic (exact) mass is 317 g/mol. The fraction of sp³-hybridized carbons (Fsp3) is 0.471. The largest absolute Gasteiger partial charge is 0.493 e. The number of hydrogen-bond acceptors (Lipinski definition) is 4. The van der Waals surface area contributed by atoms with Gasteiger partial charge < -0.3 is 15.0 Å². The summed E-state index contributed by atoms with van der Waals surface area (Å²) in [6.07, 6.45) is 0.839. The van der Waals surface area contributed by atoms with Gasteiger partial charge in [-0.3, -0.25) is 9.59 Å². The maximum absolute atomic E-state index is 12.1. The topological polar surface area (TPSA) is 82.4 Å². The van der Waals surface area contributed by atoms with E-state index in [0.717, 1.165) is 0 Å². The maximum atomic E-state index is 12.1. The normalized spacial score (nSPS) is 9.78. The Morgan fingerprint density at radius 2 is 2.04 bits per heavy atom. The fourth-order valence-corrected chi connectivity index (χ4v) is 2.09. The quantitative estimate of drug-likeness (QED) is 0.557. The van der Waals surface area contributed by atoms with Gasteiger partial charge in [-0.25, -0.2) is 0 Å². The predicted octanol–water partition coefficient (Wildman–Crippen LogP) is 1.97. The standard InChI is InChI=1S/C17H23N3O3/c1-3-20(13-11-18)16(21)10-7-12-19-17(22)14-8-5-6-9-15(14)23-4-2/h5-6,8-9H,3-4,7,10,12-13H2,1-2H3,(H,19,22). The molecule has 1 aromatic rings. The number of nitrogens with one attached hydrogen (secondary N) is 1. The van der Waals surface area contributed by atoms with E-state index in [9.17, 15) is 9.59 Å². The molecule has 0 aliphatic heterocycles. The lowest BCUT2D eigenvalue weighted by Gasteiger charge is -2.17. The van der Waals surface area contributed by atoms with E-state index in [-0.39, 0.29) is 18.4 Å². The molecule has 0 unspecified atom stereocenters. The molecular weight excluding hydrogens is 294 g/mol. The number of benzene rings is 1.